The Bertz CT molecular complexity index is 1170. The Labute approximate surface area is 162 Å². The number of fused-ring (bicyclic) bond motifs is 3. The van der Waals surface area contributed by atoms with Crippen molar-refractivity contribution >= 4 is 27.8 Å². The van der Waals surface area contributed by atoms with Crippen LogP contribution < -0.4 is 0 Å². The number of carbonyl (C=O) groups excluding carboxylic acids is 1. The number of aromatic nitrogens is 2. The number of halogens is 1. The number of nitrogens with one attached hydrogen (secondary N) is 1. The first-order valence-corrected chi connectivity index (χ1v) is 8.97. The molecule has 4 rings (SSSR count). The lowest BCUT2D eigenvalue weighted by molar-refractivity contribution is 0.0514. The van der Waals surface area contributed by atoms with Gasteiger partial charge in [0.2, 0.25) is 0 Å². The summed E-state index contributed by atoms with van der Waals surface area (Å²) in [4.78, 5) is 20.0. The molecule has 2 heterocycles. The molecule has 0 saturated carbocycles. The van der Waals surface area contributed by atoms with Gasteiger partial charge in [0, 0.05) is 30.4 Å². The highest BCUT2D eigenvalue weighted by molar-refractivity contribution is 6.12. The van der Waals surface area contributed by atoms with Crippen LogP contribution in [-0.2, 0) is 16.1 Å². The molecule has 0 unspecified atom stereocenters. The first kappa shape index (κ1) is 18.1. The Balaban J connectivity index is 0.00000240. The molecule has 0 bridgehead atoms. The van der Waals surface area contributed by atoms with Crippen LogP contribution in [0.15, 0.2) is 48.7 Å². The summed E-state index contributed by atoms with van der Waals surface area (Å²) in [5.74, 6) is -0.745. The Morgan fingerprint density at radius 3 is 2.61 bits per heavy atom. The number of methoxy groups -OCH3 is 1. The number of benzene rings is 2. The average Bonchev–Trinajstić information content (AvgIpc) is 3.07. The lowest BCUT2D eigenvalue weighted by Gasteiger charge is -2.09. The predicted octanol–water partition coefficient (Wildman–Crippen LogP) is 5.09. The molecular weight excluding hydrogens is 359 g/mol. The van der Waals surface area contributed by atoms with Gasteiger partial charge >= 0.3 is 5.97 Å². The maximum Gasteiger partial charge on any atom is 0.357 e. The summed E-state index contributed by atoms with van der Waals surface area (Å²) in [5.41, 5.74) is 4.52. The fourth-order valence-corrected chi connectivity index (χ4v) is 3.44. The number of H-pyrrole nitrogens is 1. The highest BCUT2D eigenvalue weighted by atomic mass is 19.1. The molecule has 0 fully saturated rings. The van der Waals surface area contributed by atoms with E-state index in [9.17, 15) is 9.18 Å². The van der Waals surface area contributed by atoms with Gasteiger partial charge in [0.15, 0.2) is 5.69 Å². The van der Waals surface area contributed by atoms with Gasteiger partial charge in [0.25, 0.3) is 0 Å². The van der Waals surface area contributed by atoms with Gasteiger partial charge < -0.3 is 14.5 Å². The number of pyridine rings is 1. The molecule has 0 radical (unpaired) electrons. The van der Waals surface area contributed by atoms with Crippen molar-refractivity contribution in [2.75, 3.05) is 13.7 Å². The number of ether oxygens (including phenoxy) is 2. The minimum absolute atomic E-state index is 0. The van der Waals surface area contributed by atoms with Crippen molar-refractivity contribution in [3.05, 3.63) is 65.7 Å². The molecule has 6 heteroatoms. The van der Waals surface area contributed by atoms with E-state index in [0.29, 0.717) is 5.56 Å². The summed E-state index contributed by atoms with van der Waals surface area (Å²) >= 11 is 0. The van der Waals surface area contributed by atoms with Crippen molar-refractivity contribution in [3.63, 3.8) is 0 Å². The largest absolute Gasteiger partial charge is 0.461 e. The Morgan fingerprint density at radius 2 is 1.89 bits per heavy atom. The predicted molar refractivity (Wildman–Crippen MR) is 108 cm³/mol. The van der Waals surface area contributed by atoms with Crippen LogP contribution in [0, 0.1) is 5.82 Å². The van der Waals surface area contributed by atoms with Crippen LogP contribution in [0.3, 0.4) is 0 Å². The van der Waals surface area contributed by atoms with Crippen LogP contribution in [0.2, 0.25) is 0 Å². The molecule has 2 aromatic carbocycles. The quantitative estimate of drug-likeness (QED) is 0.490. The summed E-state index contributed by atoms with van der Waals surface area (Å²) in [6.07, 6.45) is 1.64. The highest BCUT2D eigenvalue weighted by Crippen LogP contribution is 2.33. The molecule has 0 aliphatic carbocycles. The van der Waals surface area contributed by atoms with Crippen LogP contribution in [0.4, 0.5) is 4.39 Å². The van der Waals surface area contributed by atoms with Gasteiger partial charge in [-0.1, -0.05) is 18.2 Å². The van der Waals surface area contributed by atoms with E-state index in [1.807, 2.05) is 18.2 Å². The SMILES string of the molecule is CCOC(=O)c1ncc2[nH]c3ccc(-c4ccc(F)cc4)cc3c2c1COC.[HH]. The van der Waals surface area contributed by atoms with E-state index in [0.717, 1.165) is 32.9 Å². The van der Waals surface area contributed by atoms with E-state index in [4.69, 9.17) is 9.47 Å². The van der Waals surface area contributed by atoms with Gasteiger partial charge in [-0.2, -0.15) is 0 Å². The number of hydrogen-bond donors (Lipinski definition) is 1. The zero-order valence-corrected chi connectivity index (χ0v) is 15.6. The zero-order chi connectivity index (χ0) is 19.7. The van der Waals surface area contributed by atoms with Crippen LogP contribution in [0.1, 0.15) is 24.4 Å². The lowest BCUT2D eigenvalue weighted by Crippen LogP contribution is -2.11. The molecule has 144 valence electrons. The van der Waals surface area contributed by atoms with Crippen molar-refractivity contribution in [2.24, 2.45) is 0 Å². The van der Waals surface area contributed by atoms with Crippen molar-refractivity contribution in [2.45, 2.75) is 13.5 Å². The molecule has 4 aromatic rings. The standard InChI is InChI=1S/C22H19FN2O3.H2/c1-3-28-22(26)21-17(12-27-2)20-16-10-14(13-4-7-15(23)8-5-13)6-9-18(16)25-19(20)11-24-21;/h4-11,25H,3,12H2,1-2H3;1H. The van der Waals surface area contributed by atoms with E-state index in [1.165, 1.54) is 12.1 Å². The number of hydrogen-bond acceptors (Lipinski definition) is 4. The van der Waals surface area contributed by atoms with Crippen LogP contribution in [0.5, 0.6) is 0 Å². The molecule has 0 saturated heterocycles. The Hall–Kier alpha value is -3.25. The molecule has 5 nitrogen and oxygen atoms in total. The average molecular weight is 380 g/mol. The first-order chi connectivity index (χ1) is 13.6. The molecule has 1 N–H and O–H groups in total. The first-order valence-electron chi connectivity index (χ1n) is 8.97. The third-order valence-corrected chi connectivity index (χ3v) is 4.67. The minimum Gasteiger partial charge on any atom is -0.461 e. The summed E-state index contributed by atoms with van der Waals surface area (Å²) in [7, 11) is 1.58. The fourth-order valence-electron chi connectivity index (χ4n) is 3.44. The normalized spacial score (nSPS) is 11.2. The molecule has 2 aromatic heterocycles. The van der Waals surface area contributed by atoms with Crippen LogP contribution >= 0.6 is 0 Å². The van der Waals surface area contributed by atoms with Crippen molar-refractivity contribution in [1.29, 1.82) is 0 Å². The van der Waals surface area contributed by atoms with Gasteiger partial charge in [-0.3, -0.25) is 0 Å². The maximum atomic E-state index is 13.3. The van der Waals surface area contributed by atoms with Gasteiger partial charge in [0.1, 0.15) is 5.82 Å². The van der Waals surface area contributed by atoms with Crippen LogP contribution in [0.25, 0.3) is 32.9 Å². The molecule has 0 atom stereocenters. The summed E-state index contributed by atoms with van der Waals surface area (Å²) in [5, 5.41) is 1.82. The van der Waals surface area contributed by atoms with E-state index >= 15 is 0 Å². The van der Waals surface area contributed by atoms with E-state index < -0.39 is 5.97 Å². The lowest BCUT2D eigenvalue weighted by atomic mass is 10.0. The van der Waals surface area contributed by atoms with E-state index in [1.54, 1.807) is 32.4 Å². The maximum absolute atomic E-state index is 13.3. The number of esters is 1. The molecule has 0 spiro atoms. The molecule has 0 aliphatic heterocycles. The summed E-state index contributed by atoms with van der Waals surface area (Å²) in [6, 6.07) is 12.3. The highest BCUT2D eigenvalue weighted by Gasteiger charge is 2.20. The van der Waals surface area contributed by atoms with E-state index in [-0.39, 0.29) is 26.2 Å². The fraction of sp³-hybridized carbons (Fsp3) is 0.182. The van der Waals surface area contributed by atoms with Gasteiger partial charge in [-0.15, -0.1) is 0 Å². The zero-order valence-electron chi connectivity index (χ0n) is 15.6. The van der Waals surface area contributed by atoms with Gasteiger partial charge in [-0.05, 0) is 42.3 Å². The minimum atomic E-state index is -0.472. The molecular formula is C22H21FN2O3. The third-order valence-electron chi connectivity index (χ3n) is 4.67. The smallest absolute Gasteiger partial charge is 0.357 e. The molecule has 28 heavy (non-hydrogen) atoms. The summed E-state index contributed by atoms with van der Waals surface area (Å²) < 4.78 is 23.8. The number of carbonyl (C=O) groups is 1. The Morgan fingerprint density at radius 1 is 1.14 bits per heavy atom. The number of nitrogens with zero attached hydrogens (tertiary/aromatic N) is 1. The van der Waals surface area contributed by atoms with Crippen molar-refractivity contribution in [1.82, 2.24) is 9.97 Å². The second-order valence-corrected chi connectivity index (χ2v) is 6.42. The van der Waals surface area contributed by atoms with Gasteiger partial charge in [0.05, 0.1) is 24.9 Å². The molecule has 0 amide bonds. The number of rotatable bonds is 5. The van der Waals surface area contributed by atoms with Crippen molar-refractivity contribution < 1.29 is 20.1 Å². The van der Waals surface area contributed by atoms with Crippen molar-refractivity contribution in [3.8, 4) is 11.1 Å². The van der Waals surface area contributed by atoms with Gasteiger partial charge in [-0.25, -0.2) is 14.2 Å². The number of aromatic amines is 1. The van der Waals surface area contributed by atoms with Crippen LogP contribution in [-0.4, -0.2) is 29.7 Å². The summed E-state index contributed by atoms with van der Waals surface area (Å²) in [6.45, 7) is 2.26. The monoisotopic (exact) mass is 380 g/mol. The molecule has 0 aliphatic rings. The second kappa shape index (κ2) is 7.40. The topological polar surface area (TPSA) is 64.2 Å². The second-order valence-electron chi connectivity index (χ2n) is 6.42. The van der Waals surface area contributed by atoms with E-state index in [2.05, 4.69) is 9.97 Å². The third kappa shape index (κ3) is 3.12. The Kier molecular flexibility index (Phi) is 4.79.